The summed E-state index contributed by atoms with van der Waals surface area (Å²) in [5.74, 6) is -5.47. The Kier molecular flexibility index (Phi) is 25.7. The lowest BCUT2D eigenvalue weighted by atomic mass is 10.0. The summed E-state index contributed by atoms with van der Waals surface area (Å²) in [7, 11) is 0. The SMILES string of the molecule is NCCCC[C@H](NC(=O)[C@H](CCCCN)NC(=O)[C@H](CCCCN)NC(=O)[C@H](CCCCN)NC(=O)CNC(=O)CNC(=O)CO)C(=O)O. The van der Waals surface area contributed by atoms with Gasteiger partial charge in [-0.25, -0.2) is 4.79 Å². The Morgan fingerprint density at radius 3 is 1.14 bits per heavy atom. The normalized spacial score (nSPS) is 13.2. The number of rotatable bonds is 29. The van der Waals surface area contributed by atoms with Gasteiger partial charge in [-0.1, -0.05) is 0 Å². The van der Waals surface area contributed by atoms with Crippen LogP contribution >= 0.6 is 0 Å². The molecule has 0 fully saturated rings. The van der Waals surface area contributed by atoms with Crippen molar-refractivity contribution in [1.29, 1.82) is 0 Å². The molecule has 49 heavy (non-hydrogen) atoms. The van der Waals surface area contributed by atoms with E-state index in [9.17, 15) is 38.7 Å². The second-order valence-electron chi connectivity index (χ2n) is 11.5. The summed E-state index contributed by atoms with van der Waals surface area (Å²) in [5.41, 5.74) is 22.3. The summed E-state index contributed by atoms with van der Waals surface area (Å²) in [5, 5.41) is 33.1. The van der Waals surface area contributed by atoms with E-state index >= 15 is 0 Å². The van der Waals surface area contributed by atoms with E-state index in [1.165, 1.54) is 0 Å². The maximum absolute atomic E-state index is 13.6. The van der Waals surface area contributed by atoms with Crippen LogP contribution in [0.1, 0.15) is 77.0 Å². The zero-order valence-corrected chi connectivity index (χ0v) is 28.3. The van der Waals surface area contributed by atoms with E-state index < -0.39 is 85.3 Å². The van der Waals surface area contributed by atoms with Crippen molar-refractivity contribution in [3.05, 3.63) is 0 Å². The number of unbranched alkanes of at least 4 members (excludes halogenated alkanes) is 4. The highest BCUT2D eigenvalue weighted by molar-refractivity contribution is 5.95. The van der Waals surface area contributed by atoms with E-state index in [0.717, 1.165) is 0 Å². The summed E-state index contributed by atoms with van der Waals surface area (Å²) >= 11 is 0. The summed E-state index contributed by atoms with van der Waals surface area (Å²) in [6.07, 6.45) is 4.70. The molecular weight excluding hydrogens is 644 g/mol. The van der Waals surface area contributed by atoms with Crippen molar-refractivity contribution in [2.24, 2.45) is 22.9 Å². The number of carboxylic acids is 1. The summed E-state index contributed by atoms with van der Waals surface area (Å²) in [4.78, 5) is 87.7. The van der Waals surface area contributed by atoms with E-state index in [1.54, 1.807) is 0 Å². The fourth-order valence-electron chi connectivity index (χ4n) is 4.57. The number of carboxylic acid groups (broad SMARTS) is 1. The first-order chi connectivity index (χ1) is 23.4. The molecule has 0 aliphatic rings. The Bertz CT molecular complexity index is 1030. The van der Waals surface area contributed by atoms with Crippen LogP contribution < -0.4 is 54.8 Å². The molecule has 4 atom stereocenters. The van der Waals surface area contributed by atoms with E-state index in [-0.39, 0.29) is 25.7 Å². The predicted molar refractivity (Wildman–Crippen MR) is 180 cm³/mol. The first-order valence-electron chi connectivity index (χ1n) is 16.8. The number of carbonyl (C=O) groups is 7. The van der Waals surface area contributed by atoms with Crippen LogP contribution in [0.4, 0.5) is 0 Å². The summed E-state index contributed by atoms with van der Waals surface area (Å²) < 4.78 is 0. The minimum atomic E-state index is -1.22. The minimum absolute atomic E-state index is 0.154. The Morgan fingerprint density at radius 1 is 0.449 bits per heavy atom. The fraction of sp³-hybridized carbons (Fsp3) is 0.767. The van der Waals surface area contributed by atoms with Crippen molar-refractivity contribution in [3.63, 3.8) is 0 Å². The van der Waals surface area contributed by atoms with Crippen LogP contribution in [0.5, 0.6) is 0 Å². The van der Waals surface area contributed by atoms with Crippen molar-refractivity contribution in [2.45, 2.75) is 101 Å². The van der Waals surface area contributed by atoms with Crippen LogP contribution in [0.25, 0.3) is 0 Å². The van der Waals surface area contributed by atoms with Crippen LogP contribution in [-0.2, 0) is 33.6 Å². The third kappa shape index (κ3) is 21.6. The smallest absolute Gasteiger partial charge is 0.326 e. The van der Waals surface area contributed by atoms with Gasteiger partial charge in [-0.2, -0.15) is 0 Å². The topological polar surface area (TPSA) is 336 Å². The van der Waals surface area contributed by atoms with Gasteiger partial charge in [0.1, 0.15) is 30.8 Å². The third-order valence-corrected chi connectivity index (χ3v) is 7.36. The number of carbonyl (C=O) groups excluding carboxylic acids is 6. The molecule has 0 spiro atoms. The maximum Gasteiger partial charge on any atom is 0.326 e. The molecular formula is C30H58N10O9. The van der Waals surface area contributed by atoms with Crippen molar-refractivity contribution in [3.8, 4) is 0 Å². The Morgan fingerprint density at radius 2 is 0.776 bits per heavy atom. The number of aliphatic hydroxyl groups excluding tert-OH is 1. The van der Waals surface area contributed by atoms with Gasteiger partial charge in [0.15, 0.2) is 0 Å². The van der Waals surface area contributed by atoms with Crippen molar-refractivity contribution in [2.75, 3.05) is 45.9 Å². The Balaban J connectivity index is 5.81. The highest BCUT2D eigenvalue weighted by Gasteiger charge is 2.31. The molecule has 0 aliphatic carbocycles. The quantitative estimate of drug-likeness (QED) is 0.0329. The molecule has 19 nitrogen and oxygen atoms in total. The lowest BCUT2D eigenvalue weighted by Gasteiger charge is -2.26. The molecule has 0 unspecified atom stereocenters. The number of hydrogen-bond donors (Lipinski definition) is 12. The van der Waals surface area contributed by atoms with Gasteiger partial charge in [0.25, 0.3) is 0 Å². The molecule has 0 bridgehead atoms. The largest absolute Gasteiger partial charge is 0.480 e. The molecule has 6 amide bonds. The van der Waals surface area contributed by atoms with E-state index in [2.05, 4.69) is 31.9 Å². The molecule has 0 radical (unpaired) electrons. The lowest BCUT2D eigenvalue weighted by Crippen LogP contribution is -2.58. The van der Waals surface area contributed by atoms with Gasteiger partial charge in [0.2, 0.25) is 35.4 Å². The molecule has 19 heteroatoms. The maximum atomic E-state index is 13.6. The van der Waals surface area contributed by atoms with Gasteiger partial charge in [-0.3, -0.25) is 28.8 Å². The van der Waals surface area contributed by atoms with Crippen LogP contribution in [0, 0.1) is 0 Å². The minimum Gasteiger partial charge on any atom is -0.480 e. The van der Waals surface area contributed by atoms with Crippen molar-refractivity contribution in [1.82, 2.24) is 31.9 Å². The highest BCUT2D eigenvalue weighted by atomic mass is 16.4. The highest BCUT2D eigenvalue weighted by Crippen LogP contribution is 2.09. The van der Waals surface area contributed by atoms with Gasteiger partial charge < -0.3 is 65.0 Å². The van der Waals surface area contributed by atoms with Crippen LogP contribution in [-0.4, -0.2) is 122 Å². The van der Waals surface area contributed by atoms with Gasteiger partial charge in [-0.05, 0) is 103 Å². The molecule has 16 N–H and O–H groups in total. The average Bonchev–Trinajstić information content (AvgIpc) is 3.07. The van der Waals surface area contributed by atoms with Crippen LogP contribution in [0.2, 0.25) is 0 Å². The number of aliphatic hydroxyl groups is 1. The van der Waals surface area contributed by atoms with Gasteiger partial charge >= 0.3 is 5.97 Å². The molecule has 0 saturated heterocycles. The second kappa shape index (κ2) is 28.0. The molecule has 0 heterocycles. The van der Waals surface area contributed by atoms with Gasteiger partial charge in [0, 0.05) is 0 Å². The number of hydrogen-bond acceptors (Lipinski definition) is 12. The number of nitrogens with two attached hydrogens (primary N) is 4. The zero-order valence-electron chi connectivity index (χ0n) is 28.3. The number of nitrogens with one attached hydrogen (secondary N) is 6. The third-order valence-electron chi connectivity index (χ3n) is 7.36. The molecule has 0 aromatic carbocycles. The van der Waals surface area contributed by atoms with Crippen LogP contribution in [0.3, 0.4) is 0 Å². The number of aliphatic carboxylic acids is 1. The zero-order chi connectivity index (χ0) is 37.0. The lowest BCUT2D eigenvalue weighted by molar-refractivity contribution is -0.142. The predicted octanol–water partition coefficient (Wildman–Crippen LogP) is -4.25. The average molecular weight is 703 g/mol. The Hall–Kier alpha value is -3.91. The van der Waals surface area contributed by atoms with E-state index in [4.69, 9.17) is 28.0 Å². The summed E-state index contributed by atoms with van der Waals surface area (Å²) in [6, 6.07) is -4.54. The van der Waals surface area contributed by atoms with Gasteiger partial charge in [0.05, 0.1) is 13.1 Å². The molecule has 0 rings (SSSR count). The first-order valence-corrected chi connectivity index (χ1v) is 16.8. The van der Waals surface area contributed by atoms with Gasteiger partial charge in [-0.15, -0.1) is 0 Å². The molecule has 282 valence electrons. The first kappa shape index (κ1) is 45.1. The van der Waals surface area contributed by atoms with E-state index in [0.29, 0.717) is 77.5 Å². The molecule has 0 aromatic heterocycles. The van der Waals surface area contributed by atoms with Crippen LogP contribution in [0.15, 0.2) is 0 Å². The van der Waals surface area contributed by atoms with Crippen molar-refractivity contribution >= 4 is 41.4 Å². The molecule has 0 aromatic rings. The summed E-state index contributed by atoms with van der Waals surface area (Å²) in [6.45, 7) is -0.400. The Labute approximate surface area is 287 Å². The fourth-order valence-corrected chi connectivity index (χ4v) is 4.57. The molecule has 0 saturated carbocycles. The standard InChI is InChI=1S/C30H58N10O9/c31-13-5-1-9-20(37-25(43)18-35-24(42)17-36-26(44)19-41)27(45)38-21(10-2-6-14-32)28(46)39-22(11-3-7-15-33)29(47)40-23(30(48)49)12-4-8-16-34/h20-23,41H,1-19,31-34H2,(H,35,42)(H,36,44)(H,37,43)(H,38,45)(H,39,46)(H,40,47)(H,48,49)/t20-,21-,22-,23-/m0/s1. The number of amides is 6. The van der Waals surface area contributed by atoms with Crippen molar-refractivity contribution < 1.29 is 43.8 Å². The molecule has 0 aliphatic heterocycles. The second-order valence-corrected chi connectivity index (χ2v) is 11.5. The monoisotopic (exact) mass is 702 g/mol. The van der Waals surface area contributed by atoms with E-state index in [1.807, 2.05) is 0 Å².